The number of carbonyl (C=O) groups excluding carboxylic acids is 1. The molecule has 1 fully saturated rings. The van der Waals surface area contributed by atoms with Crippen molar-refractivity contribution < 1.29 is 9.90 Å². The molecule has 0 bridgehead atoms. The van der Waals surface area contributed by atoms with Crippen LogP contribution in [0.1, 0.15) is 58.2 Å². The molecule has 30 heavy (non-hydrogen) atoms. The number of amides is 1. The zero-order valence-corrected chi connectivity index (χ0v) is 21.1. The largest absolute Gasteiger partial charge is 0.507 e. The van der Waals surface area contributed by atoms with Gasteiger partial charge in [-0.15, -0.1) is 0 Å². The number of phenolic OH excluding ortho intramolecular Hbond substituents is 1. The van der Waals surface area contributed by atoms with Gasteiger partial charge in [-0.1, -0.05) is 53.7 Å². The molecule has 1 heterocycles. The molecule has 3 rings (SSSR count). The van der Waals surface area contributed by atoms with Crippen LogP contribution in [0.4, 0.5) is 5.69 Å². The van der Waals surface area contributed by atoms with Gasteiger partial charge in [0.05, 0.1) is 10.6 Å². The van der Waals surface area contributed by atoms with Crippen LogP contribution < -0.4 is 5.32 Å². The minimum atomic E-state index is -0.222. The zero-order valence-electron chi connectivity index (χ0n) is 18.1. The molecule has 0 atom stereocenters. The Morgan fingerprint density at radius 3 is 2.13 bits per heavy atom. The molecule has 1 saturated heterocycles. The molecule has 1 aliphatic heterocycles. The second-order valence-electron chi connectivity index (χ2n) is 9.40. The molecule has 2 aromatic rings. The lowest BCUT2D eigenvalue weighted by atomic mass is 9.78. The summed E-state index contributed by atoms with van der Waals surface area (Å²) < 4.78 is 1.03. The minimum Gasteiger partial charge on any atom is -0.507 e. The highest BCUT2D eigenvalue weighted by molar-refractivity contribution is 14.1. The Bertz CT molecular complexity index is 1020. The molecule has 0 aromatic heterocycles. The average Bonchev–Trinajstić information content (AvgIpc) is 2.95. The highest BCUT2D eigenvalue weighted by Gasteiger charge is 2.28. The van der Waals surface area contributed by atoms with E-state index in [0.29, 0.717) is 15.8 Å². The Balaban J connectivity index is 2.02. The van der Waals surface area contributed by atoms with Crippen LogP contribution in [0.5, 0.6) is 5.75 Å². The van der Waals surface area contributed by atoms with E-state index in [1.807, 2.05) is 42.5 Å². The van der Waals surface area contributed by atoms with Gasteiger partial charge in [0.15, 0.2) is 5.17 Å². The number of hydrogen-bond donors (Lipinski definition) is 2. The van der Waals surface area contributed by atoms with Crippen molar-refractivity contribution in [2.45, 2.75) is 52.4 Å². The van der Waals surface area contributed by atoms with Crippen LogP contribution in [-0.4, -0.2) is 16.2 Å². The summed E-state index contributed by atoms with van der Waals surface area (Å²) in [4.78, 5) is 17.7. The number of halogens is 1. The minimum absolute atomic E-state index is 0.160. The van der Waals surface area contributed by atoms with E-state index in [2.05, 4.69) is 74.4 Å². The standard InChI is InChI=1S/C24H27IN2O2S/c1-23(2,3)15-11-14(12-16(20(15)28)24(4,5)6)13-19-21(29)27-22(30-19)26-18-10-8-7-9-17(18)25/h7-13,28H,1-6H3,(H,26,27,29)/b19-13+. The Morgan fingerprint density at radius 2 is 1.60 bits per heavy atom. The first-order valence-electron chi connectivity index (χ1n) is 9.78. The number of aliphatic imine (C=N–C) groups is 1. The summed E-state index contributed by atoms with van der Waals surface area (Å²) in [6.45, 7) is 12.5. The molecule has 2 N–H and O–H groups in total. The summed E-state index contributed by atoms with van der Waals surface area (Å²) in [5.41, 5.74) is 3.03. The molecule has 0 spiro atoms. The van der Waals surface area contributed by atoms with Crippen LogP contribution in [0.15, 0.2) is 46.3 Å². The van der Waals surface area contributed by atoms with E-state index in [1.54, 1.807) is 0 Å². The van der Waals surface area contributed by atoms with Gasteiger partial charge in [0.25, 0.3) is 5.91 Å². The van der Waals surface area contributed by atoms with E-state index in [-0.39, 0.29) is 16.7 Å². The number of phenols is 1. The van der Waals surface area contributed by atoms with E-state index >= 15 is 0 Å². The van der Waals surface area contributed by atoms with Gasteiger partial charge in [0.1, 0.15) is 5.75 Å². The fourth-order valence-corrected chi connectivity index (χ4v) is 4.51. The summed E-state index contributed by atoms with van der Waals surface area (Å²) in [6.07, 6.45) is 1.88. The number of aromatic hydroxyl groups is 1. The van der Waals surface area contributed by atoms with Crippen LogP contribution in [0.3, 0.4) is 0 Å². The smallest absolute Gasteiger partial charge is 0.264 e. The first-order valence-corrected chi connectivity index (χ1v) is 11.7. The third-order valence-corrected chi connectivity index (χ3v) is 6.59. The van der Waals surface area contributed by atoms with Crippen molar-refractivity contribution in [3.8, 4) is 5.75 Å². The third-order valence-electron chi connectivity index (χ3n) is 4.77. The maximum absolute atomic E-state index is 12.6. The van der Waals surface area contributed by atoms with E-state index in [0.717, 1.165) is 25.9 Å². The first kappa shape index (κ1) is 22.9. The quantitative estimate of drug-likeness (QED) is 0.342. The van der Waals surface area contributed by atoms with Crippen molar-refractivity contribution in [3.63, 3.8) is 0 Å². The fourth-order valence-electron chi connectivity index (χ4n) is 3.17. The number of para-hydroxylation sites is 1. The Hall–Kier alpha value is -1.80. The van der Waals surface area contributed by atoms with Crippen molar-refractivity contribution in [1.29, 1.82) is 0 Å². The van der Waals surface area contributed by atoms with E-state index in [9.17, 15) is 9.90 Å². The van der Waals surface area contributed by atoms with Crippen molar-refractivity contribution >= 4 is 57.2 Å². The topological polar surface area (TPSA) is 61.7 Å². The average molecular weight is 534 g/mol. The van der Waals surface area contributed by atoms with Crippen molar-refractivity contribution in [3.05, 3.63) is 61.6 Å². The number of hydrogen-bond acceptors (Lipinski definition) is 4. The molecule has 2 aromatic carbocycles. The second-order valence-corrected chi connectivity index (χ2v) is 11.6. The summed E-state index contributed by atoms with van der Waals surface area (Å²) in [5.74, 6) is 0.175. The van der Waals surface area contributed by atoms with Gasteiger partial charge in [-0.25, -0.2) is 4.99 Å². The molecular weight excluding hydrogens is 507 g/mol. The summed E-state index contributed by atoms with van der Waals surface area (Å²) >= 11 is 3.57. The molecule has 6 heteroatoms. The Kier molecular flexibility index (Phi) is 6.39. The molecule has 4 nitrogen and oxygen atoms in total. The molecule has 1 aliphatic rings. The predicted octanol–water partition coefficient (Wildman–Crippen LogP) is 6.48. The maximum Gasteiger partial charge on any atom is 0.264 e. The van der Waals surface area contributed by atoms with Crippen molar-refractivity contribution in [2.75, 3.05) is 0 Å². The number of amidine groups is 1. The number of nitrogens with zero attached hydrogens (tertiary/aromatic N) is 1. The van der Waals surface area contributed by atoms with E-state index in [1.165, 1.54) is 11.8 Å². The molecular formula is C24H27IN2O2S. The fraction of sp³-hybridized carbons (Fsp3) is 0.333. The first-order chi connectivity index (χ1) is 13.9. The van der Waals surface area contributed by atoms with Crippen LogP contribution in [-0.2, 0) is 15.6 Å². The maximum atomic E-state index is 12.6. The van der Waals surface area contributed by atoms with Gasteiger partial charge < -0.3 is 10.4 Å². The number of rotatable bonds is 2. The lowest BCUT2D eigenvalue weighted by Gasteiger charge is -2.28. The molecule has 0 unspecified atom stereocenters. The highest BCUT2D eigenvalue weighted by Crippen LogP contribution is 2.41. The van der Waals surface area contributed by atoms with Gasteiger partial charge in [0.2, 0.25) is 0 Å². The Labute approximate surface area is 196 Å². The lowest BCUT2D eigenvalue weighted by molar-refractivity contribution is -0.115. The summed E-state index contributed by atoms with van der Waals surface area (Å²) in [5, 5.41) is 14.3. The SMILES string of the molecule is CC(C)(C)c1cc(/C=C2/SC(=Nc3ccccc3I)NC2=O)cc(C(C)(C)C)c1O. The van der Waals surface area contributed by atoms with Crippen molar-refractivity contribution in [2.24, 2.45) is 4.99 Å². The van der Waals surface area contributed by atoms with Crippen LogP contribution in [0.25, 0.3) is 6.08 Å². The monoisotopic (exact) mass is 534 g/mol. The van der Waals surface area contributed by atoms with Crippen LogP contribution in [0.2, 0.25) is 0 Å². The number of benzene rings is 2. The third kappa shape index (κ3) is 5.09. The van der Waals surface area contributed by atoms with E-state index < -0.39 is 0 Å². The van der Waals surface area contributed by atoms with E-state index in [4.69, 9.17) is 0 Å². The van der Waals surface area contributed by atoms with Crippen LogP contribution >= 0.6 is 34.4 Å². The van der Waals surface area contributed by atoms with Crippen molar-refractivity contribution in [1.82, 2.24) is 5.32 Å². The number of thioether (sulfide) groups is 1. The number of carbonyl (C=O) groups is 1. The molecule has 158 valence electrons. The Morgan fingerprint density at radius 1 is 1.03 bits per heavy atom. The molecule has 0 aliphatic carbocycles. The summed E-state index contributed by atoms with van der Waals surface area (Å²) in [6, 6.07) is 11.7. The highest BCUT2D eigenvalue weighted by atomic mass is 127. The van der Waals surface area contributed by atoms with Crippen LogP contribution in [0, 0.1) is 3.57 Å². The molecule has 0 saturated carbocycles. The summed E-state index contributed by atoms with van der Waals surface area (Å²) in [7, 11) is 0. The van der Waals surface area contributed by atoms with Gasteiger partial charge >= 0.3 is 0 Å². The molecule has 1 amide bonds. The van der Waals surface area contributed by atoms with Gasteiger partial charge in [-0.05, 0) is 81.1 Å². The molecule has 0 radical (unpaired) electrons. The predicted molar refractivity (Wildman–Crippen MR) is 135 cm³/mol. The normalized spacial score (nSPS) is 17.6. The van der Waals surface area contributed by atoms with Gasteiger partial charge in [-0.2, -0.15) is 0 Å². The second kappa shape index (κ2) is 8.38. The lowest BCUT2D eigenvalue weighted by Crippen LogP contribution is -2.19. The van der Waals surface area contributed by atoms with Gasteiger partial charge in [0, 0.05) is 14.7 Å². The zero-order chi connectivity index (χ0) is 22.3. The number of nitrogens with one attached hydrogen (secondary N) is 1. The van der Waals surface area contributed by atoms with Gasteiger partial charge in [-0.3, -0.25) is 4.79 Å².